The Morgan fingerprint density at radius 3 is 2.90 bits per heavy atom. The molecule has 2 aliphatic rings. The Morgan fingerprint density at radius 1 is 1.40 bits per heavy atom. The van der Waals surface area contributed by atoms with Crippen molar-refractivity contribution in [1.29, 1.82) is 0 Å². The van der Waals surface area contributed by atoms with Crippen LogP contribution in [0.2, 0.25) is 0 Å². The fourth-order valence-electron chi connectivity index (χ4n) is 2.55. The van der Waals surface area contributed by atoms with Crippen molar-refractivity contribution in [2.24, 2.45) is 0 Å². The van der Waals surface area contributed by atoms with E-state index in [1.165, 1.54) is 0 Å². The van der Waals surface area contributed by atoms with Gasteiger partial charge in [0.2, 0.25) is 12.7 Å². The van der Waals surface area contributed by atoms with Crippen LogP contribution in [0.15, 0.2) is 12.1 Å². The van der Waals surface area contributed by atoms with E-state index < -0.39 is 0 Å². The van der Waals surface area contributed by atoms with Gasteiger partial charge in [-0.1, -0.05) is 0 Å². The normalized spacial score (nSPS) is 21.4. The number of likely N-dealkylation sites (N-methyl/N-ethyl adjacent to an activating group) is 1. The van der Waals surface area contributed by atoms with E-state index in [1.54, 1.807) is 17.0 Å². The van der Waals surface area contributed by atoms with E-state index in [1.807, 2.05) is 7.05 Å². The molecule has 1 saturated heterocycles. The van der Waals surface area contributed by atoms with E-state index in [4.69, 9.17) is 9.47 Å². The summed E-state index contributed by atoms with van der Waals surface area (Å²) in [6, 6.07) is 3.63. The zero-order valence-electron chi connectivity index (χ0n) is 11.4. The van der Waals surface area contributed by atoms with Crippen LogP contribution in [-0.4, -0.2) is 42.3 Å². The number of likely N-dealkylation sites (tertiary alicyclic amines) is 1. The number of rotatable bonds is 3. The molecule has 0 saturated carbocycles. The Balaban J connectivity index is 1.63. The summed E-state index contributed by atoms with van der Waals surface area (Å²) in [6.45, 7) is 1.43. The van der Waals surface area contributed by atoms with Gasteiger partial charge in [-0.25, -0.2) is 0 Å². The first-order valence-corrected chi connectivity index (χ1v) is 6.72. The van der Waals surface area contributed by atoms with Crippen LogP contribution in [0.25, 0.3) is 0 Å². The summed E-state index contributed by atoms with van der Waals surface area (Å²) >= 11 is 0. The molecule has 0 radical (unpaired) electrons. The third kappa shape index (κ3) is 2.51. The van der Waals surface area contributed by atoms with Gasteiger partial charge in [-0.15, -0.1) is 0 Å². The highest BCUT2D eigenvalue weighted by Crippen LogP contribution is 2.37. The smallest absolute Gasteiger partial charge is 0.231 e. The summed E-state index contributed by atoms with van der Waals surface area (Å²) < 4.78 is 10.5. The molecule has 2 aliphatic heterocycles. The summed E-state index contributed by atoms with van der Waals surface area (Å²) in [5, 5.41) is 13.3. The van der Waals surface area contributed by atoms with Crippen molar-refractivity contribution in [3.8, 4) is 17.2 Å². The van der Waals surface area contributed by atoms with E-state index in [0.717, 1.165) is 12.0 Å². The molecular formula is C14H18N2O4. The summed E-state index contributed by atoms with van der Waals surface area (Å²) in [4.78, 5) is 13.2. The molecule has 1 aromatic rings. The van der Waals surface area contributed by atoms with Crippen molar-refractivity contribution in [3.05, 3.63) is 17.7 Å². The summed E-state index contributed by atoms with van der Waals surface area (Å²) in [5.74, 6) is 1.63. The second-order valence-electron chi connectivity index (χ2n) is 5.22. The van der Waals surface area contributed by atoms with Crippen LogP contribution in [-0.2, 0) is 11.3 Å². The Bertz CT molecular complexity index is 532. The number of nitrogens with zero attached hydrogens (tertiary/aromatic N) is 1. The lowest BCUT2D eigenvalue weighted by Crippen LogP contribution is -2.46. The molecule has 1 unspecified atom stereocenters. The number of nitrogens with one attached hydrogen (secondary N) is 1. The Kier molecular flexibility index (Phi) is 3.40. The van der Waals surface area contributed by atoms with Gasteiger partial charge in [0.15, 0.2) is 11.5 Å². The first kappa shape index (κ1) is 13.1. The van der Waals surface area contributed by atoms with Crippen molar-refractivity contribution < 1.29 is 19.4 Å². The van der Waals surface area contributed by atoms with E-state index in [0.29, 0.717) is 31.0 Å². The SMILES string of the molecule is CN1CC(NCc2cc3c(cc2O)OCO3)CCC1=O. The molecule has 108 valence electrons. The maximum Gasteiger partial charge on any atom is 0.231 e. The zero-order valence-corrected chi connectivity index (χ0v) is 11.4. The predicted octanol–water partition coefficient (Wildman–Crippen LogP) is 0.831. The summed E-state index contributed by atoms with van der Waals surface area (Å²) in [7, 11) is 1.81. The highest BCUT2D eigenvalue weighted by Gasteiger charge is 2.23. The molecule has 3 rings (SSSR count). The van der Waals surface area contributed by atoms with Gasteiger partial charge in [-0.05, 0) is 12.5 Å². The lowest BCUT2D eigenvalue weighted by Gasteiger charge is -2.30. The number of aromatic hydroxyl groups is 1. The first-order chi connectivity index (χ1) is 9.63. The molecule has 1 aromatic carbocycles. The number of amides is 1. The van der Waals surface area contributed by atoms with E-state index in [2.05, 4.69) is 5.32 Å². The van der Waals surface area contributed by atoms with Gasteiger partial charge in [0.05, 0.1) is 0 Å². The molecule has 1 atom stereocenters. The summed E-state index contributed by atoms with van der Waals surface area (Å²) in [5.41, 5.74) is 0.772. The topological polar surface area (TPSA) is 71.0 Å². The molecule has 0 bridgehead atoms. The largest absolute Gasteiger partial charge is 0.507 e. The highest BCUT2D eigenvalue weighted by atomic mass is 16.7. The number of phenols is 1. The van der Waals surface area contributed by atoms with Crippen molar-refractivity contribution in [1.82, 2.24) is 10.2 Å². The first-order valence-electron chi connectivity index (χ1n) is 6.72. The molecule has 2 heterocycles. The molecule has 6 heteroatoms. The van der Waals surface area contributed by atoms with Crippen LogP contribution >= 0.6 is 0 Å². The van der Waals surface area contributed by atoms with Crippen LogP contribution in [0.3, 0.4) is 0 Å². The molecule has 1 amide bonds. The Labute approximate surface area is 117 Å². The second kappa shape index (κ2) is 5.20. The quantitative estimate of drug-likeness (QED) is 0.857. The minimum atomic E-state index is 0.189. The molecule has 20 heavy (non-hydrogen) atoms. The van der Waals surface area contributed by atoms with Crippen molar-refractivity contribution in [2.75, 3.05) is 20.4 Å². The number of carbonyl (C=O) groups excluding carboxylic acids is 1. The fourth-order valence-corrected chi connectivity index (χ4v) is 2.55. The predicted molar refractivity (Wildman–Crippen MR) is 71.7 cm³/mol. The number of fused-ring (bicyclic) bond motifs is 1. The fraction of sp³-hybridized carbons (Fsp3) is 0.500. The van der Waals surface area contributed by atoms with Crippen LogP contribution in [0, 0.1) is 0 Å². The van der Waals surface area contributed by atoms with E-state index in [-0.39, 0.29) is 24.5 Å². The van der Waals surface area contributed by atoms with E-state index >= 15 is 0 Å². The Hall–Kier alpha value is -1.95. The molecule has 0 aromatic heterocycles. The number of piperidine rings is 1. The van der Waals surface area contributed by atoms with Gasteiger partial charge < -0.3 is 24.8 Å². The number of hydrogen-bond donors (Lipinski definition) is 2. The molecule has 1 fully saturated rings. The van der Waals surface area contributed by atoms with Gasteiger partial charge in [0.1, 0.15) is 5.75 Å². The average molecular weight is 278 g/mol. The number of ether oxygens (including phenoxy) is 2. The third-order valence-electron chi connectivity index (χ3n) is 3.78. The van der Waals surface area contributed by atoms with Gasteiger partial charge >= 0.3 is 0 Å². The lowest BCUT2D eigenvalue weighted by atomic mass is 10.0. The maximum atomic E-state index is 11.4. The molecule has 0 spiro atoms. The van der Waals surface area contributed by atoms with Crippen LogP contribution < -0.4 is 14.8 Å². The summed E-state index contributed by atoms with van der Waals surface area (Å²) in [6.07, 6.45) is 1.40. The lowest BCUT2D eigenvalue weighted by molar-refractivity contribution is -0.132. The van der Waals surface area contributed by atoms with Gasteiger partial charge in [0.25, 0.3) is 0 Å². The molecule has 2 N–H and O–H groups in total. The van der Waals surface area contributed by atoms with Crippen molar-refractivity contribution in [2.45, 2.75) is 25.4 Å². The zero-order chi connectivity index (χ0) is 14.1. The second-order valence-corrected chi connectivity index (χ2v) is 5.22. The van der Waals surface area contributed by atoms with Crippen LogP contribution in [0.1, 0.15) is 18.4 Å². The Morgan fingerprint density at radius 2 is 2.15 bits per heavy atom. The average Bonchev–Trinajstić information content (AvgIpc) is 2.87. The van der Waals surface area contributed by atoms with Crippen LogP contribution in [0.4, 0.5) is 0 Å². The van der Waals surface area contributed by atoms with Crippen LogP contribution in [0.5, 0.6) is 17.2 Å². The van der Waals surface area contributed by atoms with E-state index in [9.17, 15) is 9.90 Å². The highest BCUT2D eigenvalue weighted by molar-refractivity contribution is 5.76. The monoisotopic (exact) mass is 278 g/mol. The molecular weight excluding hydrogens is 260 g/mol. The molecule has 0 aliphatic carbocycles. The van der Waals surface area contributed by atoms with Crippen molar-refractivity contribution >= 4 is 5.91 Å². The molecule has 6 nitrogen and oxygen atoms in total. The standard InChI is InChI=1S/C14H18N2O4/c1-16-7-10(2-3-14(16)18)15-6-9-4-12-13(5-11(9)17)20-8-19-12/h4-5,10,15,17H,2-3,6-8H2,1H3. The number of phenolic OH excluding ortho intramolecular Hbond substituents is 1. The minimum Gasteiger partial charge on any atom is -0.507 e. The maximum absolute atomic E-state index is 11.4. The van der Waals surface area contributed by atoms with Crippen molar-refractivity contribution in [3.63, 3.8) is 0 Å². The number of carbonyl (C=O) groups is 1. The number of hydrogen-bond acceptors (Lipinski definition) is 5. The minimum absolute atomic E-state index is 0.189. The van der Waals surface area contributed by atoms with Gasteiger partial charge in [0, 0.05) is 44.2 Å². The van der Waals surface area contributed by atoms with Gasteiger partial charge in [-0.3, -0.25) is 4.79 Å². The van der Waals surface area contributed by atoms with Gasteiger partial charge in [-0.2, -0.15) is 0 Å². The number of benzene rings is 1. The third-order valence-corrected chi connectivity index (χ3v) is 3.78.